The number of rotatable bonds is 17. The fourth-order valence-electron chi connectivity index (χ4n) is 1.58. The highest BCUT2D eigenvalue weighted by atomic mass is 16.6. The summed E-state index contributed by atoms with van der Waals surface area (Å²) < 4.78 is 21.1. The van der Waals surface area contributed by atoms with Gasteiger partial charge in [0.15, 0.2) is 0 Å². The zero-order chi connectivity index (χ0) is 19.9. The van der Waals surface area contributed by atoms with Crippen LogP contribution in [0.25, 0.3) is 0 Å². The number of carbonyl (C=O) groups is 2. The third-order valence-corrected chi connectivity index (χ3v) is 2.82. The Hall–Kier alpha value is -1.22. The summed E-state index contributed by atoms with van der Waals surface area (Å²) in [6.45, 7) is 12.0. The molecule has 8 heteroatoms. The molecule has 0 aromatic carbocycles. The molecule has 0 unspecified atom stereocenters. The van der Waals surface area contributed by atoms with E-state index in [1.807, 2.05) is 13.8 Å². The van der Waals surface area contributed by atoms with Crippen molar-refractivity contribution in [3.8, 4) is 0 Å². The van der Waals surface area contributed by atoms with Gasteiger partial charge in [0.1, 0.15) is 6.61 Å². The van der Waals surface area contributed by atoms with Gasteiger partial charge in [-0.3, -0.25) is 9.59 Å². The van der Waals surface area contributed by atoms with Gasteiger partial charge in [-0.15, -0.1) is 0 Å². The van der Waals surface area contributed by atoms with Gasteiger partial charge in [0.25, 0.3) is 0 Å². The van der Waals surface area contributed by atoms with Crippen LogP contribution in [-0.4, -0.2) is 77.8 Å². The quantitative estimate of drug-likeness (QED) is 0.371. The van der Waals surface area contributed by atoms with E-state index in [1.54, 1.807) is 0 Å². The number of hydrogen-bond acceptors (Lipinski definition) is 6. The molecule has 8 nitrogen and oxygen atoms in total. The Labute approximate surface area is 161 Å². The van der Waals surface area contributed by atoms with Crippen molar-refractivity contribution in [2.75, 3.05) is 65.9 Å². The molecule has 0 saturated heterocycles. The Morgan fingerprint density at radius 2 is 1.27 bits per heavy atom. The average Bonchev–Trinajstić information content (AvgIpc) is 2.63. The highest BCUT2D eigenvalue weighted by Crippen LogP contribution is 1.85. The van der Waals surface area contributed by atoms with Gasteiger partial charge in [0.2, 0.25) is 11.8 Å². The van der Waals surface area contributed by atoms with Gasteiger partial charge < -0.3 is 29.6 Å². The molecule has 0 aromatic rings. The Morgan fingerprint density at radius 3 is 1.77 bits per heavy atom. The van der Waals surface area contributed by atoms with Gasteiger partial charge in [-0.05, 0) is 6.42 Å². The second-order valence-corrected chi connectivity index (χ2v) is 5.08. The smallest absolute Gasteiger partial charge is 0.245 e. The molecule has 0 rings (SSSR count). The molecule has 0 radical (unpaired) electrons. The van der Waals surface area contributed by atoms with Crippen LogP contribution in [0.15, 0.2) is 0 Å². The third-order valence-electron chi connectivity index (χ3n) is 2.82. The van der Waals surface area contributed by atoms with Crippen molar-refractivity contribution in [2.24, 2.45) is 0 Å². The zero-order valence-corrected chi connectivity index (χ0v) is 16.9. The monoisotopic (exact) mass is 382 g/mol. The summed E-state index contributed by atoms with van der Waals surface area (Å²) in [5, 5.41) is 5.41. The van der Waals surface area contributed by atoms with Crippen molar-refractivity contribution in [3.63, 3.8) is 0 Å². The van der Waals surface area contributed by atoms with E-state index in [4.69, 9.17) is 18.9 Å². The molecular weight excluding hydrogens is 340 g/mol. The number of carbonyl (C=O) groups excluding carboxylic acids is 2. The predicted octanol–water partition coefficient (Wildman–Crippen LogP) is 1.62. The summed E-state index contributed by atoms with van der Waals surface area (Å²) in [5.74, 6) is -0.154. The summed E-state index contributed by atoms with van der Waals surface area (Å²) in [6.07, 6.45) is 2.04. The van der Waals surface area contributed by atoms with E-state index in [2.05, 4.69) is 17.6 Å². The molecule has 0 saturated carbocycles. The Kier molecular flexibility index (Phi) is 24.7. The first-order chi connectivity index (χ1) is 12.7. The minimum Gasteiger partial charge on any atom is -0.377 e. The van der Waals surface area contributed by atoms with Crippen molar-refractivity contribution >= 4 is 11.8 Å². The molecule has 0 aromatic heterocycles. The molecule has 0 fully saturated rings. The van der Waals surface area contributed by atoms with E-state index in [-0.39, 0.29) is 21.3 Å². The van der Waals surface area contributed by atoms with Gasteiger partial charge in [-0.2, -0.15) is 0 Å². The van der Waals surface area contributed by atoms with E-state index < -0.39 is 0 Å². The van der Waals surface area contributed by atoms with Crippen molar-refractivity contribution in [1.29, 1.82) is 0 Å². The van der Waals surface area contributed by atoms with Crippen LogP contribution in [0.4, 0.5) is 0 Å². The van der Waals surface area contributed by atoms with Gasteiger partial charge in [0, 0.05) is 22.9 Å². The lowest BCUT2D eigenvalue weighted by molar-refractivity contribution is -0.126. The first-order valence-electron chi connectivity index (χ1n) is 9.49. The van der Waals surface area contributed by atoms with E-state index in [0.717, 1.165) is 12.8 Å². The minimum atomic E-state index is -0.0923. The van der Waals surface area contributed by atoms with Crippen LogP contribution in [0.2, 0.25) is 0 Å². The maximum Gasteiger partial charge on any atom is 0.245 e. The van der Waals surface area contributed by atoms with Crippen LogP contribution in [0.1, 0.15) is 43.4 Å². The molecule has 0 aliphatic heterocycles. The summed E-state index contributed by atoms with van der Waals surface area (Å²) in [4.78, 5) is 21.9. The second-order valence-electron chi connectivity index (χ2n) is 5.08. The Balaban J connectivity index is -0.000000695. The lowest BCUT2D eigenvalue weighted by Crippen LogP contribution is -2.29. The number of hydrogen-bond donors (Lipinski definition) is 2. The Morgan fingerprint density at radius 1 is 0.769 bits per heavy atom. The lowest BCUT2D eigenvalue weighted by atomic mass is 10.3. The van der Waals surface area contributed by atoms with E-state index in [9.17, 15) is 9.59 Å². The molecule has 0 aliphatic carbocycles. The summed E-state index contributed by atoms with van der Waals surface area (Å²) in [5.41, 5.74) is 0. The van der Waals surface area contributed by atoms with E-state index in [0.29, 0.717) is 59.3 Å². The Bertz CT molecular complexity index is 326. The van der Waals surface area contributed by atoms with Gasteiger partial charge >= 0.3 is 0 Å². The van der Waals surface area contributed by atoms with Gasteiger partial charge in [-0.1, -0.05) is 27.2 Å². The van der Waals surface area contributed by atoms with Crippen molar-refractivity contribution in [1.82, 2.24) is 10.6 Å². The minimum absolute atomic E-state index is 0. The lowest BCUT2D eigenvalue weighted by Gasteiger charge is -2.08. The summed E-state index contributed by atoms with van der Waals surface area (Å²) >= 11 is 0. The topological polar surface area (TPSA) is 95.1 Å². The van der Waals surface area contributed by atoms with Gasteiger partial charge in [0.05, 0.1) is 46.2 Å². The number of ether oxygens (including phenoxy) is 4. The van der Waals surface area contributed by atoms with Crippen LogP contribution in [0, 0.1) is 0 Å². The third kappa shape index (κ3) is 25.0. The first kappa shape index (κ1) is 27.0. The molecule has 2 amide bonds. The summed E-state index contributed by atoms with van der Waals surface area (Å²) in [7, 11) is 0. The van der Waals surface area contributed by atoms with E-state index in [1.165, 1.54) is 6.92 Å². The fraction of sp³-hybridized carbons (Fsp3) is 0.889. The highest BCUT2D eigenvalue weighted by Gasteiger charge is 1.99. The molecule has 26 heavy (non-hydrogen) atoms. The first-order valence-corrected chi connectivity index (χ1v) is 9.49. The standard InChI is InChI=1S/C16H32N2O6.C2H6.2H2/c1-3-4-5-18-16(20)14-24-13-12-23-11-10-22-9-8-21-7-6-17-15(2)19;1-2;;/h3-14H2,1-2H3,(H,17,19)(H,18,20);1-2H3;2*1H. The molecule has 0 aliphatic rings. The molecule has 0 atom stereocenters. The van der Waals surface area contributed by atoms with Crippen LogP contribution in [0.5, 0.6) is 0 Å². The molecule has 0 bridgehead atoms. The molecule has 0 spiro atoms. The number of unbranched alkanes of at least 4 members (excludes halogenated alkanes) is 1. The van der Waals surface area contributed by atoms with Crippen molar-refractivity contribution < 1.29 is 31.4 Å². The molecule has 2 N–H and O–H groups in total. The maximum atomic E-state index is 11.3. The molecule has 160 valence electrons. The maximum absolute atomic E-state index is 11.3. The largest absolute Gasteiger partial charge is 0.377 e. The number of amides is 2. The zero-order valence-electron chi connectivity index (χ0n) is 16.9. The second kappa shape index (κ2) is 23.8. The SMILES string of the molecule is CC.CCCCNC(=O)COCCOCCOCCOCCNC(C)=O.[HH].[HH]. The van der Waals surface area contributed by atoms with Gasteiger partial charge in [-0.25, -0.2) is 0 Å². The van der Waals surface area contributed by atoms with Crippen LogP contribution in [-0.2, 0) is 28.5 Å². The molecule has 0 heterocycles. The fourth-order valence-corrected chi connectivity index (χ4v) is 1.58. The number of nitrogens with one attached hydrogen (secondary N) is 2. The van der Waals surface area contributed by atoms with Crippen molar-refractivity contribution in [2.45, 2.75) is 40.5 Å². The van der Waals surface area contributed by atoms with Crippen molar-refractivity contribution in [3.05, 3.63) is 0 Å². The predicted molar refractivity (Wildman–Crippen MR) is 105 cm³/mol. The van der Waals surface area contributed by atoms with Crippen LogP contribution >= 0.6 is 0 Å². The average molecular weight is 383 g/mol. The molecular formula is C18H42N2O6. The van der Waals surface area contributed by atoms with Crippen LogP contribution in [0.3, 0.4) is 0 Å². The van der Waals surface area contributed by atoms with E-state index >= 15 is 0 Å². The summed E-state index contributed by atoms with van der Waals surface area (Å²) in [6, 6.07) is 0. The van der Waals surface area contributed by atoms with Crippen LogP contribution < -0.4 is 10.6 Å². The highest BCUT2D eigenvalue weighted by molar-refractivity contribution is 5.77. The normalized spacial score (nSPS) is 10.0.